The molecule has 2 aromatic rings. The lowest BCUT2D eigenvalue weighted by Gasteiger charge is -2.04. The third kappa shape index (κ3) is 2.16. The molecule has 0 heterocycles. The van der Waals surface area contributed by atoms with E-state index in [-0.39, 0.29) is 5.56 Å². The molecule has 0 aliphatic carbocycles. The average Bonchev–Trinajstić information content (AvgIpc) is 2.27. The fourth-order valence-electron chi connectivity index (χ4n) is 1.47. The summed E-state index contributed by atoms with van der Waals surface area (Å²) in [5.41, 5.74) is 0.124. The molecule has 0 aromatic heterocycles. The largest absolute Gasteiger partial charge is 0.399 e. The molecular weight excluding hydrogens is 214 g/mol. The number of alkyl halides is 2. The van der Waals surface area contributed by atoms with Crippen LogP contribution in [-0.2, 0) is 4.74 Å². The van der Waals surface area contributed by atoms with Crippen molar-refractivity contribution in [1.29, 1.82) is 0 Å². The molecule has 0 aliphatic rings. The van der Waals surface area contributed by atoms with Crippen molar-refractivity contribution in [3.63, 3.8) is 0 Å². The fraction of sp³-hybridized carbons (Fsp3) is 0.0833. The van der Waals surface area contributed by atoms with Gasteiger partial charge in [-0.05, 0) is 22.9 Å². The van der Waals surface area contributed by atoms with Crippen LogP contribution < -0.4 is 0 Å². The molecule has 0 atom stereocenters. The SMILES string of the molecule is O=C(OC(F)F)c1ccc2ccccc2c1. The molecule has 0 bridgehead atoms. The van der Waals surface area contributed by atoms with Crippen LogP contribution in [0, 0.1) is 0 Å². The third-order valence-electron chi connectivity index (χ3n) is 2.18. The second kappa shape index (κ2) is 4.26. The van der Waals surface area contributed by atoms with Crippen LogP contribution in [-0.4, -0.2) is 12.6 Å². The topological polar surface area (TPSA) is 26.3 Å². The molecule has 0 amide bonds. The van der Waals surface area contributed by atoms with Crippen molar-refractivity contribution in [3.8, 4) is 0 Å². The number of esters is 1. The van der Waals surface area contributed by atoms with Crippen molar-refractivity contribution < 1.29 is 18.3 Å². The van der Waals surface area contributed by atoms with Gasteiger partial charge in [0, 0.05) is 0 Å². The van der Waals surface area contributed by atoms with Gasteiger partial charge < -0.3 is 4.74 Å². The standard InChI is InChI=1S/C12H8F2O2/c13-12(14)16-11(15)10-6-5-8-3-1-2-4-9(8)7-10/h1-7,12H. The summed E-state index contributed by atoms with van der Waals surface area (Å²) in [4.78, 5) is 11.2. The molecule has 4 heteroatoms. The predicted octanol–water partition coefficient (Wildman–Crippen LogP) is 3.22. The molecule has 16 heavy (non-hydrogen) atoms. The number of carbonyl (C=O) groups is 1. The van der Waals surface area contributed by atoms with Crippen molar-refractivity contribution in [2.45, 2.75) is 6.61 Å². The zero-order valence-electron chi connectivity index (χ0n) is 8.19. The molecule has 0 N–H and O–H groups in total. The van der Waals surface area contributed by atoms with E-state index in [0.29, 0.717) is 0 Å². The van der Waals surface area contributed by atoms with Crippen LogP contribution in [0.4, 0.5) is 8.78 Å². The summed E-state index contributed by atoms with van der Waals surface area (Å²) in [7, 11) is 0. The van der Waals surface area contributed by atoms with E-state index in [9.17, 15) is 13.6 Å². The van der Waals surface area contributed by atoms with Crippen LogP contribution in [0.1, 0.15) is 10.4 Å². The van der Waals surface area contributed by atoms with Gasteiger partial charge in [0.2, 0.25) is 0 Å². The molecule has 2 nitrogen and oxygen atoms in total. The minimum Gasteiger partial charge on any atom is -0.399 e. The normalized spacial score (nSPS) is 10.7. The molecule has 0 aliphatic heterocycles. The van der Waals surface area contributed by atoms with Gasteiger partial charge in [0.1, 0.15) is 0 Å². The van der Waals surface area contributed by atoms with E-state index in [0.717, 1.165) is 10.8 Å². The highest BCUT2D eigenvalue weighted by Crippen LogP contribution is 2.16. The van der Waals surface area contributed by atoms with Gasteiger partial charge in [-0.3, -0.25) is 0 Å². The minimum atomic E-state index is -3.08. The summed E-state index contributed by atoms with van der Waals surface area (Å²) in [5, 5.41) is 1.75. The number of fused-ring (bicyclic) bond motifs is 1. The molecule has 82 valence electrons. The Kier molecular flexibility index (Phi) is 2.81. The molecule has 0 radical (unpaired) electrons. The van der Waals surface area contributed by atoms with Crippen LogP contribution in [0.5, 0.6) is 0 Å². The lowest BCUT2D eigenvalue weighted by atomic mass is 10.1. The Bertz CT molecular complexity index is 523. The Balaban J connectivity index is 2.35. The van der Waals surface area contributed by atoms with E-state index in [4.69, 9.17) is 0 Å². The Labute approximate surface area is 90.4 Å². The van der Waals surface area contributed by atoms with Gasteiger partial charge in [-0.25, -0.2) is 4.79 Å². The van der Waals surface area contributed by atoms with Crippen LogP contribution >= 0.6 is 0 Å². The second-order valence-electron chi connectivity index (χ2n) is 3.23. The van der Waals surface area contributed by atoms with Crippen molar-refractivity contribution in [2.75, 3.05) is 0 Å². The van der Waals surface area contributed by atoms with Crippen LogP contribution in [0.2, 0.25) is 0 Å². The minimum absolute atomic E-state index is 0.124. The molecule has 0 fully saturated rings. The highest BCUT2D eigenvalue weighted by molar-refractivity contribution is 5.95. The maximum Gasteiger partial charge on any atom is 0.389 e. The second-order valence-corrected chi connectivity index (χ2v) is 3.23. The predicted molar refractivity (Wildman–Crippen MR) is 55.4 cm³/mol. The smallest absolute Gasteiger partial charge is 0.389 e. The molecule has 0 saturated heterocycles. The molecule has 2 rings (SSSR count). The Morgan fingerprint density at radius 1 is 1.06 bits per heavy atom. The highest BCUT2D eigenvalue weighted by Gasteiger charge is 2.13. The maximum atomic E-state index is 11.8. The van der Waals surface area contributed by atoms with Gasteiger partial charge in [0.25, 0.3) is 0 Å². The van der Waals surface area contributed by atoms with E-state index in [1.807, 2.05) is 18.2 Å². The van der Waals surface area contributed by atoms with E-state index >= 15 is 0 Å². The number of hydrogen-bond donors (Lipinski definition) is 0. The zero-order chi connectivity index (χ0) is 11.5. The third-order valence-corrected chi connectivity index (χ3v) is 2.18. The summed E-state index contributed by atoms with van der Waals surface area (Å²) in [6.45, 7) is -3.08. The molecular formula is C12H8F2O2. The van der Waals surface area contributed by atoms with Gasteiger partial charge in [-0.2, -0.15) is 8.78 Å². The Morgan fingerprint density at radius 2 is 1.75 bits per heavy atom. The molecule has 0 unspecified atom stereocenters. The Hall–Kier alpha value is -1.97. The van der Waals surface area contributed by atoms with E-state index in [1.165, 1.54) is 12.1 Å². The number of rotatable bonds is 2. The Morgan fingerprint density at radius 3 is 2.44 bits per heavy atom. The summed E-state index contributed by atoms with van der Waals surface area (Å²) >= 11 is 0. The maximum absolute atomic E-state index is 11.8. The summed E-state index contributed by atoms with van der Waals surface area (Å²) in [5.74, 6) is -1.01. The van der Waals surface area contributed by atoms with Crippen LogP contribution in [0.3, 0.4) is 0 Å². The fourth-order valence-corrected chi connectivity index (χ4v) is 1.47. The summed E-state index contributed by atoms with van der Waals surface area (Å²) < 4.78 is 27.5. The van der Waals surface area contributed by atoms with Crippen molar-refractivity contribution in [1.82, 2.24) is 0 Å². The van der Waals surface area contributed by atoms with Gasteiger partial charge >= 0.3 is 12.6 Å². The van der Waals surface area contributed by atoms with Gasteiger partial charge in [0.05, 0.1) is 5.56 Å². The lowest BCUT2D eigenvalue weighted by molar-refractivity contribution is -0.0906. The zero-order valence-corrected chi connectivity index (χ0v) is 8.19. The quantitative estimate of drug-likeness (QED) is 0.729. The number of ether oxygens (including phenoxy) is 1. The number of benzene rings is 2. The molecule has 0 spiro atoms. The highest BCUT2D eigenvalue weighted by atomic mass is 19.3. The van der Waals surface area contributed by atoms with E-state index in [2.05, 4.69) is 4.74 Å². The first-order chi connectivity index (χ1) is 7.66. The summed E-state index contributed by atoms with van der Waals surface area (Å²) in [6.07, 6.45) is 0. The first kappa shape index (κ1) is 10.5. The van der Waals surface area contributed by atoms with Crippen LogP contribution in [0.15, 0.2) is 42.5 Å². The van der Waals surface area contributed by atoms with Crippen LogP contribution in [0.25, 0.3) is 10.8 Å². The number of hydrogen-bond acceptors (Lipinski definition) is 2. The van der Waals surface area contributed by atoms with Gasteiger partial charge in [-0.1, -0.05) is 30.3 Å². The van der Waals surface area contributed by atoms with Gasteiger partial charge in [-0.15, -0.1) is 0 Å². The number of carbonyl (C=O) groups excluding carboxylic acids is 1. The first-order valence-electron chi connectivity index (χ1n) is 4.65. The number of halogens is 2. The molecule has 0 saturated carbocycles. The van der Waals surface area contributed by atoms with Crippen molar-refractivity contribution in [3.05, 3.63) is 48.0 Å². The lowest BCUT2D eigenvalue weighted by Crippen LogP contribution is -2.09. The van der Waals surface area contributed by atoms with E-state index < -0.39 is 12.6 Å². The van der Waals surface area contributed by atoms with Crippen molar-refractivity contribution in [2.24, 2.45) is 0 Å². The first-order valence-corrected chi connectivity index (χ1v) is 4.65. The van der Waals surface area contributed by atoms with Crippen molar-refractivity contribution >= 4 is 16.7 Å². The molecule has 2 aromatic carbocycles. The van der Waals surface area contributed by atoms with Gasteiger partial charge in [0.15, 0.2) is 0 Å². The average molecular weight is 222 g/mol. The monoisotopic (exact) mass is 222 g/mol. The van der Waals surface area contributed by atoms with E-state index in [1.54, 1.807) is 12.1 Å². The summed E-state index contributed by atoms with van der Waals surface area (Å²) in [6, 6.07) is 12.0.